The summed E-state index contributed by atoms with van der Waals surface area (Å²) in [4.78, 5) is 30.0. The van der Waals surface area contributed by atoms with Crippen molar-refractivity contribution in [2.24, 2.45) is 5.92 Å². The van der Waals surface area contributed by atoms with E-state index in [9.17, 15) is 18.0 Å². The Morgan fingerprint density at radius 2 is 1.42 bits per heavy atom. The van der Waals surface area contributed by atoms with Crippen molar-refractivity contribution in [3.05, 3.63) is 130 Å². The third kappa shape index (κ3) is 8.83. The van der Waals surface area contributed by atoms with Gasteiger partial charge in [0.05, 0.1) is 10.6 Å². The maximum Gasteiger partial charge on any atom is 0.264 e. The Morgan fingerprint density at radius 1 is 0.800 bits per heavy atom. The first-order chi connectivity index (χ1) is 21.5. The lowest BCUT2D eigenvalue weighted by Gasteiger charge is -2.34. The number of hydrogen-bond acceptors (Lipinski definition) is 4. The molecule has 0 bridgehead atoms. The number of sulfonamides is 1. The Balaban J connectivity index is 1.82. The molecule has 236 valence electrons. The minimum absolute atomic E-state index is 0.0775. The zero-order chi connectivity index (χ0) is 32.6. The van der Waals surface area contributed by atoms with Crippen LogP contribution in [0.1, 0.15) is 36.1 Å². The standard InChI is InChI=1S/C36H40BrN3O4S/c1-26(2)23-38-36(42)34(22-29-13-7-5-8-14-29)39(24-30-18-20-31(37)21-19-30)35(41)25-40(33-17-11-12-27(3)28(33)4)45(43,44)32-15-9-6-10-16-32/h5-21,26,34H,22-25H2,1-4H3,(H,38,42). The van der Waals surface area contributed by atoms with Crippen molar-refractivity contribution in [3.8, 4) is 0 Å². The summed E-state index contributed by atoms with van der Waals surface area (Å²) < 4.78 is 30.4. The molecule has 0 fully saturated rings. The highest BCUT2D eigenvalue weighted by Gasteiger charge is 2.35. The highest BCUT2D eigenvalue weighted by atomic mass is 79.9. The molecular weight excluding hydrogens is 650 g/mol. The topological polar surface area (TPSA) is 86.8 Å². The van der Waals surface area contributed by atoms with Gasteiger partial charge in [-0.1, -0.05) is 103 Å². The predicted molar refractivity (Wildman–Crippen MR) is 183 cm³/mol. The van der Waals surface area contributed by atoms with Crippen LogP contribution in [0.15, 0.2) is 112 Å². The fraction of sp³-hybridized carbons (Fsp3) is 0.278. The van der Waals surface area contributed by atoms with Gasteiger partial charge < -0.3 is 10.2 Å². The maximum atomic E-state index is 14.6. The van der Waals surface area contributed by atoms with E-state index in [1.165, 1.54) is 21.3 Å². The first kappa shape index (κ1) is 33.9. The number of benzene rings is 4. The van der Waals surface area contributed by atoms with Crippen LogP contribution >= 0.6 is 15.9 Å². The summed E-state index contributed by atoms with van der Waals surface area (Å²) in [6.07, 6.45) is 0.266. The Hall–Kier alpha value is -3.95. The molecule has 0 aromatic heterocycles. The molecule has 9 heteroatoms. The van der Waals surface area contributed by atoms with Crippen LogP contribution in [0.2, 0.25) is 0 Å². The molecule has 0 saturated carbocycles. The lowest BCUT2D eigenvalue weighted by molar-refractivity contribution is -0.140. The number of aryl methyl sites for hydroxylation is 1. The molecule has 1 N–H and O–H groups in total. The van der Waals surface area contributed by atoms with Gasteiger partial charge in [-0.25, -0.2) is 8.42 Å². The molecule has 1 atom stereocenters. The zero-order valence-electron chi connectivity index (χ0n) is 26.1. The van der Waals surface area contributed by atoms with E-state index in [-0.39, 0.29) is 29.7 Å². The average molecular weight is 691 g/mol. The van der Waals surface area contributed by atoms with Gasteiger partial charge in [0.1, 0.15) is 12.6 Å². The molecule has 0 aliphatic heterocycles. The predicted octanol–water partition coefficient (Wildman–Crippen LogP) is 6.67. The fourth-order valence-electron chi connectivity index (χ4n) is 5.00. The molecule has 4 aromatic rings. The number of carbonyl (C=O) groups is 2. The largest absolute Gasteiger partial charge is 0.354 e. The molecule has 0 aliphatic rings. The van der Waals surface area contributed by atoms with Crippen LogP contribution in [-0.2, 0) is 32.6 Å². The molecule has 4 rings (SSSR count). The zero-order valence-corrected chi connectivity index (χ0v) is 28.5. The second kappa shape index (κ2) is 15.4. The number of hydrogen-bond donors (Lipinski definition) is 1. The van der Waals surface area contributed by atoms with E-state index in [2.05, 4.69) is 21.2 Å². The normalized spacial score (nSPS) is 12.0. The van der Waals surface area contributed by atoms with Gasteiger partial charge in [0.2, 0.25) is 11.8 Å². The smallest absolute Gasteiger partial charge is 0.264 e. The molecule has 2 amide bonds. The molecule has 0 heterocycles. The van der Waals surface area contributed by atoms with E-state index in [1.807, 2.05) is 88.4 Å². The third-order valence-electron chi connectivity index (χ3n) is 7.68. The number of nitrogens with one attached hydrogen (secondary N) is 1. The number of amides is 2. The molecular formula is C36H40BrN3O4S. The van der Waals surface area contributed by atoms with Gasteiger partial charge >= 0.3 is 0 Å². The molecule has 4 aromatic carbocycles. The number of anilines is 1. The van der Waals surface area contributed by atoms with Gasteiger partial charge in [0, 0.05) is 24.0 Å². The lowest BCUT2D eigenvalue weighted by Crippen LogP contribution is -2.53. The highest BCUT2D eigenvalue weighted by Crippen LogP contribution is 2.29. The lowest BCUT2D eigenvalue weighted by atomic mass is 10.0. The molecule has 7 nitrogen and oxygen atoms in total. The molecule has 0 saturated heterocycles. The SMILES string of the molecule is Cc1cccc(N(CC(=O)N(Cc2ccc(Br)cc2)C(Cc2ccccc2)C(=O)NCC(C)C)S(=O)(=O)c2ccccc2)c1C. The van der Waals surface area contributed by atoms with E-state index in [1.54, 1.807) is 30.3 Å². The van der Waals surface area contributed by atoms with Crippen molar-refractivity contribution >= 4 is 43.5 Å². The van der Waals surface area contributed by atoms with Crippen LogP contribution < -0.4 is 9.62 Å². The van der Waals surface area contributed by atoms with Gasteiger partial charge in [-0.3, -0.25) is 13.9 Å². The number of halogens is 1. The van der Waals surface area contributed by atoms with Crippen molar-refractivity contribution < 1.29 is 18.0 Å². The van der Waals surface area contributed by atoms with Gasteiger partial charge in [-0.05, 0) is 72.4 Å². The molecule has 0 aliphatic carbocycles. The summed E-state index contributed by atoms with van der Waals surface area (Å²) in [7, 11) is -4.15. The molecule has 0 radical (unpaired) electrons. The number of carbonyl (C=O) groups excluding carboxylic acids is 2. The van der Waals surface area contributed by atoms with Crippen LogP contribution in [0.4, 0.5) is 5.69 Å². The van der Waals surface area contributed by atoms with Gasteiger partial charge in [-0.15, -0.1) is 0 Å². The minimum Gasteiger partial charge on any atom is -0.354 e. The van der Waals surface area contributed by atoms with Gasteiger partial charge in [0.15, 0.2) is 0 Å². The molecule has 45 heavy (non-hydrogen) atoms. The maximum absolute atomic E-state index is 14.6. The van der Waals surface area contributed by atoms with Crippen LogP contribution in [0.5, 0.6) is 0 Å². The van der Waals surface area contributed by atoms with Crippen LogP contribution in [0.25, 0.3) is 0 Å². The Morgan fingerprint density at radius 3 is 2.04 bits per heavy atom. The van der Waals surface area contributed by atoms with Crippen molar-refractivity contribution in [2.75, 3.05) is 17.4 Å². The first-order valence-electron chi connectivity index (χ1n) is 15.0. The van der Waals surface area contributed by atoms with Crippen molar-refractivity contribution in [3.63, 3.8) is 0 Å². The third-order valence-corrected chi connectivity index (χ3v) is 9.98. The number of rotatable bonds is 13. The summed E-state index contributed by atoms with van der Waals surface area (Å²) in [5.41, 5.74) is 3.76. The van der Waals surface area contributed by atoms with Crippen LogP contribution in [-0.4, -0.2) is 44.3 Å². The minimum atomic E-state index is -4.15. The summed E-state index contributed by atoms with van der Waals surface area (Å²) in [5, 5.41) is 3.02. The van der Waals surface area contributed by atoms with Crippen molar-refractivity contribution in [1.29, 1.82) is 0 Å². The van der Waals surface area contributed by atoms with Crippen molar-refractivity contribution in [2.45, 2.75) is 51.6 Å². The number of nitrogens with zero attached hydrogens (tertiary/aromatic N) is 2. The fourth-order valence-corrected chi connectivity index (χ4v) is 6.76. The van der Waals surface area contributed by atoms with E-state index >= 15 is 0 Å². The second-order valence-electron chi connectivity index (χ2n) is 11.5. The van der Waals surface area contributed by atoms with Crippen LogP contribution in [0.3, 0.4) is 0 Å². The summed E-state index contributed by atoms with van der Waals surface area (Å²) in [5.74, 6) is -0.570. The monoisotopic (exact) mass is 689 g/mol. The quantitative estimate of drug-likeness (QED) is 0.170. The van der Waals surface area contributed by atoms with Gasteiger partial charge in [0.25, 0.3) is 10.0 Å². The summed E-state index contributed by atoms with van der Waals surface area (Å²) in [6, 6.07) is 29.7. The molecule has 0 spiro atoms. The first-order valence-corrected chi connectivity index (χ1v) is 17.2. The Labute approximate surface area is 275 Å². The van der Waals surface area contributed by atoms with Gasteiger partial charge in [-0.2, -0.15) is 0 Å². The summed E-state index contributed by atoms with van der Waals surface area (Å²) >= 11 is 3.47. The van der Waals surface area contributed by atoms with Crippen LogP contribution in [0, 0.1) is 19.8 Å². The Bertz CT molecular complexity index is 1700. The van der Waals surface area contributed by atoms with E-state index in [0.717, 1.165) is 26.7 Å². The van der Waals surface area contributed by atoms with Crippen molar-refractivity contribution in [1.82, 2.24) is 10.2 Å². The summed E-state index contributed by atoms with van der Waals surface area (Å²) in [6.45, 7) is 7.84. The van der Waals surface area contributed by atoms with E-state index in [4.69, 9.17) is 0 Å². The highest BCUT2D eigenvalue weighted by molar-refractivity contribution is 9.10. The average Bonchev–Trinajstić information content (AvgIpc) is 3.03. The Kier molecular flexibility index (Phi) is 11.6. The van der Waals surface area contributed by atoms with E-state index < -0.39 is 28.5 Å². The molecule has 1 unspecified atom stereocenters. The van der Waals surface area contributed by atoms with E-state index in [0.29, 0.717) is 12.2 Å². The second-order valence-corrected chi connectivity index (χ2v) is 14.3.